The highest BCUT2D eigenvalue weighted by Crippen LogP contribution is 2.08. The van der Waals surface area contributed by atoms with Crippen molar-refractivity contribution < 1.29 is 9.53 Å². The zero-order chi connectivity index (χ0) is 12.1. The van der Waals surface area contributed by atoms with Gasteiger partial charge in [-0.2, -0.15) is 0 Å². The van der Waals surface area contributed by atoms with Crippen LogP contribution in [0.15, 0.2) is 30.3 Å². The molecule has 100 valence electrons. The Morgan fingerprint density at radius 1 is 1.44 bits per heavy atom. The van der Waals surface area contributed by atoms with Crippen LogP contribution in [0.4, 0.5) is 0 Å². The summed E-state index contributed by atoms with van der Waals surface area (Å²) in [5.41, 5.74) is 0. The van der Waals surface area contributed by atoms with E-state index in [1.807, 2.05) is 35.2 Å². The molecule has 1 aliphatic heterocycles. The fourth-order valence-corrected chi connectivity index (χ4v) is 1.91. The average Bonchev–Trinajstić information content (AvgIpc) is 2.37. The molecule has 2 rings (SSSR count). The van der Waals surface area contributed by atoms with Gasteiger partial charge in [-0.3, -0.25) is 4.79 Å². The van der Waals surface area contributed by atoms with Gasteiger partial charge in [-0.15, -0.1) is 12.4 Å². The molecule has 1 fully saturated rings. The Balaban J connectivity index is 0.00000162. The molecular weight excluding hydrogens is 252 g/mol. The van der Waals surface area contributed by atoms with Crippen molar-refractivity contribution in [2.45, 2.75) is 13.0 Å². The molecule has 0 spiro atoms. The molecule has 0 saturated carbocycles. The molecule has 0 aromatic heterocycles. The Labute approximate surface area is 114 Å². The number of benzene rings is 1. The Kier molecular flexibility index (Phi) is 5.95. The minimum atomic E-state index is 0. The van der Waals surface area contributed by atoms with Gasteiger partial charge in [0.05, 0.1) is 0 Å². The first-order valence-corrected chi connectivity index (χ1v) is 5.95. The van der Waals surface area contributed by atoms with Crippen molar-refractivity contribution in [2.24, 2.45) is 0 Å². The summed E-state index contributed by atoms with van der Waals surface area (Å²) in [5, 5.41) is 3.31. The molecule has 1 aliphatic rings. The van der Waals surface area contributed by atoms with Crippen molar-refractivity contribution in [3.63, 3.8) is 0 Å². The second kappa shape index (κ2) is 7.24. The molecule has 1 N–H and O–H groups in total. The first-order valence-electron chi connectivity index (χ1n) is 5.95. The van der Waals surface area contributed by atoms with Gasteiger partial charge >= 0.3 is 0 Å². The van der Waals surface area contributed by atoms with Gasteiger partial charge < -0.3 is 15.0 Å². The number of carbonyl (C=O) groups excluding carboxylic acids is 1. The lowest BCUT2D eigenvalue weighted by molar-refractivity contribution is -0.134. The Morgan fingerprint density at radius 3 is 2.83 bits per heavy atom. The van der Waals surface area contributed by atoms with E-state index in [9.17, 15) is 4.79 Å². The summed E-state index contributed by atoms with van der Waals surface area (Å²) in [5.74, 6) is 0.797. The van der Waals surface area contributed by atoms with Crippen molar-refractivity contribution in [2.75, 3.05) is 26.2 Å². The Morgan fingerprint density at radius 2 is 2.17 bits per heavy atom. The van der Waals surface area contributed by atoms with Gasteiger partial charge in [0.25, 0.3) is 5.91 Å². The predicted molar refractivity (Wildman–Crippen MR) is 73.2 cm³/mol. The van der Waals surface area contributed by atoms with E-state index in [2.05, 4.69) is 12.2 Å². The lowest BCUT2D eigenvalue weighted by Gasteiger charge is -2.31. The average molecular weight is 271 g/mol. The van der Waals surface area contributed by atoms with Crippen molar-refractivity contribution in [3.05, 3.63) is 30.3 Å². The van der Waals surface area contributed by atoms with Gasteiger partial charge in [0, 0.05) is 25.7 Å². The van der Waals surface area contributed by atoms with Crippen LogP contribution in [0.3, 0.4) is 0 Å². The first-order chi connectivity index (χ1) is 8.25. The number of ether oxygens (including phenoxy) is 1. The summed E-state index contributed by atoms with van der Waals surface area (Å²) in [4.78, 5) is 13.7. The maximum Gasteiger partial charge on any atom is 0.260 e. The van der Waals surface area contributed by atoms with Crippen LogP contribution < -0.4 is 10.1 Å². The number of carbonyl (C=O) groups is 1. The van der Waals surface area contributed by atoms with Gasteiger partial charge in [0.2, 0.25) is 0 Å². The summed E-state index contributed by atoms with van der Waals surface area (Å²) < 4.78 is 5.44. The van der Waals surface area contributed by atoms with Gasteiger partial charge in [0.15, 0.2) is 6.61 Å². The molecule has 18 heavy (non-hydrogen) atoms. The van der Waals surface area contributed by atoms with E-state index in [1.54, 1.807) is 0 Å². The molecule has 0 radical (unpaired) electrons. The van der Waals surface area contributed by atoms with E-state index in [-0.39, 0.29) is 24.9 Å². The summed E-state index contributed by atoms with van der Waals surface area (Å²) in [6, 6.07) is 9.79. The number of nitrogens with zero attached hydrogens (tertiary/aromatic N) is 1. The SMILES string of the molecule is CC1CN(C(=O)COc2ccccc2)CCN1.Cl. The van der Waals surface area contributed by atoms with Crippen LogP contribution in [0.2, 0.25) is 0 Å². The topological polar surface area (TPSA) is 41.6 Å². The van der Waals surface area contributed by atoms with Gasteiger partial charge in [-0.1, -0.05) is 18.2 Å². The van der Waals surface area contributed by atoms with Crippen LogP contribution in [0, 0.1) is 0 Å². The molecule has 1 saturated heterocycles. The molecule has 1 aromatic rings. The van der Waals surface area contributed by atoms with Crippen LogP contribution in [0.5, 0.6) is 5.75 Å². The number of rotatable bonds is 3. The van der Waals surface area contributed by atoms with E-state index in [0.29, 0.717) is 6.04 Å². The molecule has 1 unspecified atom stereocenters. The monoisotopic (exact) mass is 270 g/mol. The standard InChI is InChI=1S/C13H18N2O2.ClH/c1-11-9-15(8-7-14-11)13(16)10-17-12-5-3-2-4-6-12;/h2-6,11,14H,7-10H2,1H3;1H. The van der Waals surface area contributed by atoms with Crippen LogP contribution in [0.1, 0.15) is 6.92 Å². The molecular formula is C13H19ClN2O2. The molecule has 1 amide bonds. The van der Waals surface area contributed by atoms with Crippen molar-refractivity contribution >= 4 is 18.3 Å². The fourth-order valence-electron chi connectivity index (χ4n) is 1.91. The number of para-hydroxylation sites is 1. The largest absolute Gasteiger partial charge is 0.484 e. The molecule has 5 heteroatoms. The summed E-state index contributed by atoms with van der Waals surface area (Å²) in [7, 11) is 0. The maximum absolute atomic E-state index is 11.9. The Hall–Kier alpha value is -1.26. The van der Waals surface area contributed by atoms with Crippen LogP contribution in [-0.4, -0.2) is 43.1 Å². The van der Waals surface area contributed by atoms with E-state index in [1.165, 1.54) is 0 Å². The first kappa shape index (κ1) is 14.8. The lowest BCUT2D eigenvalue weighted by atomic mass is 10.2. The van der Waals surface area contributed by atoms with E-state index < -0.39 is 0 Å². The van der Waals surface area contributed by atoms with Crippen LogP contribution in [-0.2, 0) is 4.79 Å². The minimum absolute atomic E-state index is 0. The molecule has 0 aliphatic carbocycles. The zero-order valence-electron chi connectivity index (χ0n) is 10.5. The lowest BCUT2D eigenvalue weighted by Crippen LogP contribution is -2.52. The number of hydrogen-bond donors (Lipinski definition) is 1. The van der Waals surface area contributed by atoms with Gasteiger partial charge in [0.1, 0.15) is 5.75 Å². The van der Waals surface area contributed by atoms with Gasteiger partial charge in [-0.05, 0) is 19.1 Å². The second-order valence-electron chi connectivity index (χ2n) is 4.30. The normalized spacial score (nSPS) is 18.9. The number of halogens is 1. The third-order valence-corrected chi connectivity index (χ3v) is 2.83. The minimum Gasteiger partial charge on any atom is -0.484 e. The van der Waals surface area contributed by atoms with Crippen molar-refractivity contribution in [1.29, 1.82) is 0 Å². The molecule has 1 aromatic carbocycles. The summed E-state index contributed by atoms with van der Waals surface area (Å²) in [6.07, 6.45) is 0. The smallest absolute Gasteiger partial charge is 0.260 e. The van der Waals surface area contributed by atoms with Gasteiger partial charge in [-0.25, -0.2) is 0 Å². The fraction of sp³-hybridized carbons (Fsp3) is 0.462. The maximum atomic E-state index is 11.9. The van der Waals surface area contributed by atoms with Crippen molar-refractivity contribution in [3.8, 4) is 5.75 Å². The third-order valence-electron chi connectivity index (χ3n) is 2.83. The Bertz CT molecular complexity index is 373. The highest BCUT2D eigenvalue weighted by Gasteiger charge is 2.20. The highest BCUT2D eigenvalue weighted by molar-refractivity contribution is 5.85. The number of nitrogens with one attached hydrogen (secondary N) is 1. The quantitative estimate of drug-likeness (QED) is 0.900. The summed E-state index contributed by atoms with van der Waals surface area (Å²) in [6.45, 7) is 4.59. The van der Waals surface area contributed by atoms with E-state index >= 15 is 0 Å². The molecule has 1 heterocycles. The highest BCUT2D eigenvalue weighted by atomic mass is 35.5. The number of piperazine rings is 1. The van der Waals surface area contributed by atoms with E-state index in [0.717, 1.165) is 25.4 Å². The third kappa shape index (κ3) is 4.20. The van der Waals surface area contributed by atoms with Crippen LogP contribution in [0.25, 0.3) is 0 Å². The van der Waals surface area contributed by atoms with Crippen LogP contribution >= 0.6 is 12.4 Å². The van der Waals surface area contributed by atoms with Crippen molar-refractivity contribution in [1.82, 2.24) is 10.2 Å². The summed E-state index contributed by atoms with van der Waals surface area (Å²) >= 11 is 0. The molecule has 0 bridgehead atoms. The second-order valence-corrected chi connectivity index (χ2v) is 4.30. The van der Waals surface area contributed by atoms with E-state index in [4.69, 9.17) is 4.74 Å². The number of amides is 1. The molecule has 1 atom stereocenters. The molecule has 4 nitrogen and oxygen atoms in total. The predicted octanol–water partition coefficient (Wildman–Crippen LogP) is 1.31. The zero-order valence-corrected chi connectivity index (χ0v) is 11.3. The number of hydrogen-bond acceptors (Lipinski definition) is 3.